The van der Waals surface area contributed by atoms with E-state index in [2.05, 4.69) is 5.32 Å². The van der Waals surface area contributed by atoms with Crippen LogP contribution in [0.3, 0.4) is 0 Å². The number of nitrogens with one attached hydrogen (secondary N) is 1. The molecular formula is C15H26N2O3S. The normalized spacial score (nSPS) is 13.6. The van der Waals surface area contributed by atoms with Crippen LogP contribution in [0.25, 0.3) is 0 Å². The van der Waals surface area contributed by atoms with E-state index in [9.17, 15) is 8.42 Å². The Balaban J connectivity index is 3.09. The van der Waals surface area contributed by atoms with E-state index in [1.807, 2.05) is 27.0 Å². The van der Waals surface area contributed by atoms with Crippen LogP contribution in [0.15, 0.2) is 29.2 Å². The van der Waals surface area contributed by atoms with Crippen molar-refractivity contribution < 1.29 is 13.5 Å². The smallest absolute Gasteiger partial charge is 0.243 e. The van der Waals surface area contributed by atoms with E-state index < -0.39 is 10.0 Å². The molecular weight excluding hydrogens is 288 g/mol. The fourth-order valence-corrected chi connectivity index (χ4v) is 3.58. The molecule has 0 aromatic heterocycles. The van der Waals surface area contributed by atoms with Crippen LogP contribution in [0.2, 0.25) is 0 Å². The Morgan fingerprint density at radius 1 is 1.33 bits per heavy atom. The summed E-state index contributed by atoms with van der Waals surface area (Å²) in [5.41, 5.74) is 0.929. The summed E-state index contributed by atoms with van der Waals surface area (Å²) >= 11 is 0. The summed E-state index contributed by atoms with van der Waals surface area (Å²) in [5.74, 6) is 0. The second-order valence-corrected chi connectivity index (χ2v) is 7.00. The first-order valence-corrected chi connectivity index (χ1v) is 8.79. The Morgan fingerprint density at radius 3 is 2.62 bits per heavy atom. The van der Waals surface area contributed by atoms with Gasteiger partial charge in [-0.2, -0.15) is 4.31 Å². The first-order valence-electron chi connectivity index (χ1n) is 7.35. The molecule has 2 N–H and O–H groups in total. The van der Waals surface area contributed by atoms with Crippen LogP contribution in [0, 0.1) is 0 Å². The average Bonchev–Trinajstić information content (AvgIpc) is 2.50. The van der Waals surface area contributed by atoms with Gasteiger partial charge in [-0.25, -0.2) is 8.42 Å². The first-order chi connectivity index (χ1) is 9.97. The summed E-state index contributed by atoms with van der Waals surface area (Å²) in [6.07, 6.45) is 1.69. The monoisotopic (exact) mass is 314 g/mol. The van der Waals surface area contributed by atoms with E-state index in [0.29, 0.717) is 6.54 Å². The summed E-state index contributed by atoms with van der Waals surface area (Å²) in [5, 5.41) is 12.2. The van der Waals surface area contributed by atoms with Gasteiger partial charge < -0.3 is 10.4 Å². The Labute approximate surface area is 128 Å². The van der Waals surface area contributed by atoms with Crippen molar-refractivity contribution in [2.75, 3.05) is 26.7 Å². The molecule has 21 heavy (non-hydrogen) atoms. The van der Waals surface area contributed by atoms with Gasteiger partial charge in [0.25, 0.3) is 0 Å². The first kappa shape index (κ1) is 18.1. The molecule has 0 bridgehead atoms. The van der Waals surface area contributed by atoms with E-state index >= 15 is 0 Å². The highest BCUT2D eigenvalue weighted by atomic mass is 32.2. The highest BCUT2D eigenvalue weighted by Gasteiger charge is 2.24. The third kappa shape index (κ3) is 4.78. The van der Waals surface area contributed by atoms with Crippen molar-refractivity contribution in [1.82, 2.24) is 9.62 Å². The van der Waals surface area contributed by atoms with E-state index in [0.717, 1.165) is 18.4 Å². The lowest BCUT2D eigenvalue weighted by Crippen LogP contribution is -2.34. The number of nitrogens with zero attached hydrogens (tertiary/aromatic N) is 1. The van der Waals surface area contributed by atoms with Gasteiger partial charge >= 0.3 is 0 Å². The largest absolute Gasteiger partial charge is 0.395 e. The number of hydrogen-bond acceptors (Lipinski definition) is 4. The predicted octanol–water partition coefficient (Wildman–Crippen LogP) is 1.75. The molecule has 0 spiro atoms. The van der Waals surface area contributed by atoms with Crippen molar-refractivity contribution in [2.45, 2.75) is 37.6 Å². The maximum atomic E-state index is 12.7. The van der Waals surface area contributed by atoms with Gasteiger partial charge in [0.15, 0.2) is 0 Å². The maximum Gasteiger partial charge on any atom is 0.243 e. The van der Waals surface area contributed by atoms with Crippen LogP contribution in [0.5, 0.6) is 0 Å². The lowest BCUT2D eigenvalue weighted by atomic mass is 10.1. The van der Waals surface area contributed by atoms with Crippen LogP contribution in [0.4, 0.5) is 0 Å². The van der Waals surface area contributed by atoms with Crippen molar-refractivity contribution in [3.8, 4) is 0 Å². The number of rotatable bonds is 9. The Bertz CT molecular complexity index is 531. The SMILES string of the molecule is CCCCN(CCO)S(=O)(=O)c1cccc(C(C)NC)c1. The lowest BCUT2D eigenvalue weighted by molar-refractivity contribution is 0.252. The molecule has 0 radical (unpaired) electrons. The van der Waals surface area contributed by atoms with Gasteiger partial charge in [-0.1, -0.05) is 25.5 Å². The molecule has 0 heterocycles. The van der Waals surface area contributed by atoms with Crippen LogP contribution < -0.4 is 5.32 Å². The van der Waals surface area contributed by atoms with Crippen molar-refractivity contribution in [1.29, 1.82) is 0 Å². The third-order valence-electron chi connectivity index (χ3n) is 3.54. The zero-order valence-corrected chi connectivity index (χ0v) is 13.9. The Morgan fingerprint density at radius 2 is 2.05 bits per heavy atom. The van der Waals surface area contributed by atoms with E-state index in [1.54, 1.807) is 18.2 Å². The molecule has 0 aliphatic carbocycles. The Kier molecular flexibility index (Phi) is 7.31. The molecule has 120 valence electrons. The second-order valence-electron chi connectivity index (χ2n) is 5.06. The van der Waals surface area contributed by atoms with Crippen molar-refractivity contribution >= 4 is 10.0 Å². The van der Waals surface area contributed by atoms with Gasteiger partial charge in [-0.05, 0) is 38.1 Å². The van der Waals surface area contributed by atoms with Crippen molar-refractivity contribution in [3.63, 3.8) is 0 Å². The molecule has 1 aromatic rings. The quantitative estimate of drug-likeness (QED) is 0.728. The number of aliphatic hydroxyl groups is 1. The maximum absolute atomic E-state index is 12.7. The molecule has 0 amide bonds. The van der Waals surface area contributed by atoms with E-state index in [4.69, 9.17) is 5.11 Å². The van der Waals surface area contributed by atoms with Crippen LogP contribution >= 0.6 is 0 Å². The van der Waals surface area contributed by atoms with Crippen molar-refractivity contribution in [3.05, 3.63) is 29.8 Å². The molecule has 0 saturated heterocycles. The van der Waals surface area contributed by atoms with Crippen molar-refractivity contribution in [2.24, 2.45) is 0 Å². The fourth-order valence-electron chi connectivity index (χ4n) is 2.06. The standard InChI is InChI=1S/C15H26N2O3S/c1-4-5-9-17(10-11-18)21(19,20)15-8-6-7-14(12-15)13(2)16-3/h6-8,12-13,16,18H,4-5,9-11H2,1-3H3. The summed E-state index contributed by atoms with van der Waals surface area (Å²) in [7, 11) is -1.72. The second kappa shape index (κ2) is 8.48. The minimum atomic E-state index is -3.55. The summed E-state index contributed by atoms with van der Waals surface area (Å²) < 4.78 is 26.7. The average molecular weight is 314 g/mol. The zero-order valence-electron chi connectivity index (χ0n) is 13.0. The number of aliphatic hydroxyl groups excluding tert-OH is 1. The molecule has 1 aromatic carbocycles. The van der Waals surface area contributed by atoms with Gasteiger partial charge in [0.2, 0.25) is 10.0 Å². The van der Waals surface area contributed by atoms with Crippen LogP contribution in [-0.4, -0.2) is 44.6 Å². The fraction of sp³-hybridized carbons (Fsp3) is 0.600. The topological polar surface area (TPSA) is 69.6 Å². The summed E-state index contributed by atoms with van der Waals surface area (Å²) in [6, 6.07) is 7.06. The Hall–Kier alpha value is -0.950. The third-order valence-corrected chi connectivity index (χ3v) is 5.43. The van der Waals surface area contributed by atoms with E-state index in [-0.39, 0.29) is 24.1 Å². The predicted molar refractivity (Wildman–Crippen MR) is 84.7 cm³/mol. The highest BCUT2D eigenvalue weighted by molar-refractivity contribution is 7.89. The summed E-state index contributed by atoms with van der Waals surface area (Å²) in [6.45, 7) is 4.39. The summed E-state index contributed by atoms with van der Waals surface area (Å²) in [4.78, 5) is 0.284. The minimum absolute atomic E-state index is 0.0853. The molecule has 0 fully saturated rings. The van der Waals surface area contributed by atoms with Gasteiger partial charge in [-0.15, -0.1) is 0 Å². The molecule has 1 unspecified atom stereocenters. The van der Waals surface area contributed by atoms with Gasteiger partial charge in [-0.3, -0.25) is 0 Å². The van der Waals surface area contributed by atoms with Gasteiger partial charge in [0.1, 0.15) is 0 Å². The van der Waals surface area contributed by atoms with Gasteiger partial charge in [0.05, 0.1) is 11.5 Å². The highest BCUT2D eigenvalue weighted by Crippen LogP contribution is 2.20. The van der Waals surface area contributed by atoms with Crippen LogP contribution in [0.1, 0.15) is 38.3 Å². The van der Waals surface area contributed by atoms with Crippen LogP contribution in [-0.2, 0) is 10.0 Å². The number of unbranched alkanes of at least 4 members (excludes halogenated alkanes) is 1. The molecule has 0 aliphatic heterocycles. The molecule has 0 saturated carbocycles. The molecule has 1 atom stereocenters. The number of sulfonamides is 1. The number of hydrogen-bond donors (Lipinski definition) is 2. The minimum Gasteiger partial charge on any atom is -0.395 e. The lowest BCUT2D eigenvalue weighted by Gasteiger charge is -2.22. The number of benzene rings is 1. The molecule has 6 heteroatoms. The van der Waals surface area contributed by atoms with E-state index in [1.165, 1.54) is 4.31 Å². The molecule has 0 aliphatic rings. The molecule has 5 nitrogen and oxygen atoms in total. The molecule has 1 rings (SSSR count). The zero-order chi connectivity index (χ0) is 15.9. The van der Waals surface area contributed by atoms with Gasteiger partial charge in [0, 0.05) is 19.1 Å².